The Kier molecular flexibility index (Phi) is 11.0. The van der Waals surface area contributed by atoms with Gasteiger partial charge in [-0.3, -0.25) is 4.79 Å². The SMILES string of the molecule is CO[C@@H]1C[C@H](O[C@H]2[C@@H](O)C[C@H](O[C@H]3[C@H](O)C[C@H](O[C@H]4CC[C@@]5(C)C(=CC[C@H]6C(=O)O[C@@H]7CO[C@]8(C)OC=C(CC[C@@H]65)[C@H]78)C4)O[C@@H]3C)O[C@@H]2C)O[C@@H](C)[C@@H]1O. The molecule has 54 heavy (non-hydrogen) atoms. The Labute approximate surface area is 317 Å². The third-order valence-corrected chi connectivity index (χ3v) is 13.9. The van der Waals surface area contributed by atoms with Crippen LogP contribution in [-0.2, 0) is 52.2 Å². The molecule has 304 valence electrons. The first kappa shape index (κ1) is 39.2. The summed E-state index contributed by atoms with van der Waals surface area (Å²) in [4.78, 5) is 13.7. The average Bonchev–Trinajstić information content (AvgIpc) is 3.64. The van der Waals surface area contributed by atoms with E-state index < -0.39 is 79.6 Å². The fraction of sp³-hybridized carbons (Fsp3) is 0.875. The van der Waals surface area contributed by atoms with Crippen LogP contribution in [0.5, 0.6) is 0 Å². The minimum Gasteiger partial charge on any atom is -0.469 e. The van der Waals surface area contributed by atoms with Gasteiger partial charge in [0.25, 0.3) is 0 Å². The van der Waals surface area contributed by atoms with Crippen molar-refractivity contribution in [2.45, 2.75) is 184 Å². The number of allylic oxidation sites excluding steroid dienone is 1. The van der Waals surface area contributed by atoms with E-state index in [0.29, 0.717) is 19.4 Å². The van der Waals surface area contributed by atoms with E-state index in [0.717, 1.165) is 32.1 Å². The highest BCUT2D eigenvalue weighted by molar-refractivity contribution is 5.74. The first-order chi connectivity index (χ1) is 25.8. The summed E-state index contributed by atoms with van der Waals surface area (Å²) >= 11 is 0. The van der Waals surface area contributed by atoms with E-state index in [4.69, 9.17) is 47.4 Å². The third-order valence-electron chi connectivity index (χ3n) is 13.9. The summed E-state index contributed by atoms with van der Waals surface area (Å²) < 4.78 is 60.6. The Morgan fingerprint density at radius 3 is 2.17 bits per heavy atom. The molecule has 6 heterocycles. The lowest BCUT2D eigenvalue weighted by atomic mass is 9.55. The zero-order chi connectivity index (χ0) is 38.1. The van der Waals surface area contributed by atoms with E-state index in [1.165, 1.54) is 18.3 Å². The number of rotatable bonds is 7. The molecule has 0 bridgehead atoms. The van der Waals surface area contributed by atoms with E-state index in [2.05, 4.69) is 13.0 Å². The molecule has 0 aromatic rings. The van der Waals surface area contributed by atoms with Gasteiger partial charge in [-0.2, -0.15) is 0 Å². The molecule has 1 saturated carbocycles. The van der Waals surface area contributed by atoms with Gasteiger partial charge in [0, 0.05) is 33.3 Å². The van der Waals surface area contributed by atoms with Crippen molar-refractivity contribution in [1.29, 1.82) is 0 Å². The summed E-state index contributed by atoms with van der Waals surface area (Å²) in [6.45, 7) is 10.0. The molecule has 0 amide bonds. The highest BCUT2D eigenvalue weighted by Gasteiger charge is 2.58. The molecule has 19 atom stereocenters. The number of aliphatic hydroxyl groups is 3. The molecule has 0 spiro atoms. The summed E-state index contributed by atoms with van der Waals surface area (Å²) in [5, 5.41) is 32.7. The second-order valence-electron chi connectivity index (χ2n) is 17.3. The molecule has 0 aromatic heterocycles. The zero-order valence-electron chi connectivity index (χ0n) is 32.4. The molecule has 14 nitrogen and oxygen atoms in total. The van der Waals surface area contributed by atoms with Crippen molar-refractivity contribution < 1.29 is 67.5 Å². The Hall–Kier alpha value is -1.69. The monoisotopic (exact) mass is 764 g/mol. The van der Waals surface area contributed by atoms with Crippen LogP contribution >= 0.6 is 0 Å². The van der Waals surface area contributed by atoms with E-state index in [9.17, 15) is 20.1 Å². The predicted molar refractivity (Wildman–Crippen MR) is 188 cm³/mol. The van der Waals surface area contributed by atoms with Gasteiger partial charge in [-0.25, -0.2) is 0 Å². The van der Waals surface area contributed by atoms with Crippen LogP contribution in [-0.4, -0.2) is 127 Å². The van der Waals surface area contributed by atoms with Gasteiger partial charge in [0.05, 0.1) is 67.4 Å². The van der Waals surface area contributed by atoms with Gasteiger partial charge >= 0.3 is 5.97 Å². The van der Waals surface area contributed by atoms with Crippen molar-refractivity contribution in [3.05, 3.63) is 23.5 Å². The van der Waals surface area contributed by atoms with E-state index in [1.807, 2.05) is 20.1 Å². The number of ether oxygens (including phenoxy) is 10. The van der Waals surface area contributed by atoms with Crippen molar-refractivity contribution in [2.24, 2.45) is 23.2 Å². The molecular weight excluding hydrogens is 704 g/mol. The Morgan fingerprint density at radius 2 is 1.50 bits per heavy atom. The Balaban J connectivity index is 0.837. The fourth-order valence-corrected chi connectivity index (χ4v) is 10.8. The van der Waals surface area contributed by atoms with Gasteiger partial charge < -0.3 is 62.7 Å². The molecule has 0 unspecified atom stereocenters. The lowest BCUT2D eigenvalue weighted by Gasteiger charge is -2.50. The minimum absolute atomic E-state index is 0.0607. The summed E-state index contributed by atoms with van der Waals surface area (Å²) in [5.74, 6) is -0.989. The number of fused-ring (bicyclic) bond motifs is 3. The van der Waals surface area contributed by atoms with Crippen LogP contribution in [0.4, 0.5) is 0 Å². The molecule has 0 radical (unpaired) electrons. The van der Waals surface area contributed by atoms with Crippen LogP contribution in [0.1, 0.15) is 92.4 Å². The zero-order valence-corrected chi connectivity index (χ0v) is 32.4. The highest BCUT2D eigenvalue weighted by Crippen LogP contribution is 2.57. The normalized spacial score (nSPS) is 51.9. The number of hydrogen-bond acceptors (Lipinski definition) is 14. The van der Waals surface area contributed by atoms with Crippen LogP contribution in [0.3, 0.4) is 0 Å². The van der Waals surface area contributed by atoms with Crippen molar-refractivity contribution >= 4 is 5.97 Å². The van der Waals surface area contributed by atoms with Crippen molar-refractivity contribution in [1.82, 2.24) is 0 Å². The average molecular weight is 765 g/mol. The number of methoxy groups -OCH3 is 1. The Bertz CT molecular complexity index is 1410. The maximum atomic E-state index is 13.7. The standard InChI is InChI=1S/C40H60O14/c1-19-35(43)29(45-6)16-33(48-19)54-37-21(3)50-32(15-28(37)42)53-36-20(2)49-31(14-27(36)41)51-24-11-12-39(4)23(13-24)8-9-25-26(39)10-7-22-17-46-40(5)34(22)30(18-47-40)52-38(25)44/h8,17,19-21,24-37,41-43H,7,9-16,18H2,1-6H3/t19-,20+,21+,24-,25+,26-,27+,28-,29+,30+,31-,32-,33-,34+,35-,36+,37+,39-,40-/m0/s1. The Morgan fingerprint density at radius 1 is 0.852 bits per heavy atom. The lowest BCUT2D eigenvalue weighted by molar-refractivity contribution is -0.336. The third kappa shape index (κ3) is 7.20. The maximum Gasteiger partial charge on any atom is 0.309 e. The summed E-state index contributed by atoms with van der Waals surface area (Å²) in [6.07, 6.45) is 1.31. The van der Waals surface area contributed by atoms with Gasteiger partial charge in [0.15, 0.2) is 18.9 Å². The van der Waals surface area contributed by atoms with Gasteiger partial charge in [-0.05, 0) is 76.2 Å². The van der Waals surface area contributed by atoms with Crippen LogP contribution < -0.4 is 0 Å². The lowest BCUT2D eigenvalue weighted by Crippen LogP contribution is -2.56. The van der Waals surface area contributed by atoms with Crippen LogP contribution in [0.25, 0.3) is 0 Å². The highest BCUT2D eigenvalue weighted by atomic mass is 16.7. The predicted octanol–water partition coefficient (Wildman–Crippen LogP) is 3.38. The number of esters is 1. The first-order valence-electron chi connectivity index (χ1n) is 20.2. The van der Waals surface area contributed by atoms with E-state index in [1.54, 1.807) is 13.8 Å². The van der Waals surface area contributed by atoms with E-state index >= 15 is 0 Å². The molecule has 8 aliphatic rings. The smallest absolute Gasteiger partial charge is 0.309 e. The fourth-order valence-electron chi connectivity index (χ4n) is 10.8. The quantitative estimate of drug-likeness (QED) is 0.255. The van der Waals surface area contributed by atoms with Gasteiger partial charge in [-0.15, -0.1) is 0 Å². The number of carbonyl (C=O) groups excluding carboxylic acids is 1. The molecule has 5 saturated heterocycles. The second kappa shape index (κ2) is 15.2. The minimum atomic E-state index is -0.906. The van der Waals surface area contributed by atoms with Crippen LogP contribution in [0.15, 0.2) is 23.5 Å². The van der Waals surface area contributed by atoms with Gasteiger partial charge in [0.2, 0.25) is 5.79 Å². The number of carbonyl (C=O) groups is 1. The number of hydrogen-bond donors (Lipinski definition) is 3. The maximum absolute atomic E-state index is 13.7. The summed E-state index contributed by atoms with van der Waals surface area (Å²) in [7, 11) is 1.54. The largest absolute Gasteiger partial charge is 0.469 e. The molecule has 8 rings (SSSR count). The molecule has 6 fully saturated rings. The summed E-state index contributed by atoms with van der Waals surface area (Å²) in [5.41, 5.74) is 2.35. The molecule has 2 aliphatic carbocycles. The molecule has 3 N–H and O–H groups in total. The molecule has 6 aliphatic heterocycles. The number of aliphatic hydroxyl groups excluding tert-OH is 3. The van der Waals surface area contributed by atoms with Crippen molar-refractivity contribution in [2.75, 3.05) is 13.7 Å². The summed E-state index contributed by atoms with van der Waals surface area (Å²) in [6, 6.07) is 0. The van der Waals surface area contributed by atoms with E-state index in [-0.39, 0.29) is 54.2 Å². The van der Waals surface area contributed by atoms with Crippen LogP contribution in [0.2, 0.25) is 0 Å². The van der Waals surface area contributed by atoms with Crippen LogP contribution in [0, 0.1) is 23.2 Å². The topological polar surface area (TPSA) is 170 Å². The van der Waals surface area contributed by atoms with Crippen molar-refractivity contribution in [3.63, 3.8) is 0 Å². The molecule has 0 aromatic carbocycles. The molecular formula is C40H60O14. The molecule has 14 heteroatoms. The van der Waals surface area contributed by atoms with Gasteiger partial charge in [0.1, 0.15) is 24.4 Å². The van der Waals surface area contributed by atoms with Crippen molar-refractivity contribution in [3.8, 4) is 0 Å². The second-order valence-corrected chi connectivity index (χ2v) is 17.3. The first-order valence-corrected chi connectivity index (χ1v) is 20.2. The van der Waals surface area contributed by atoms with Gasteiger partial charge in [-0.1, -0.05) is 18.6 Å².